The van der Waals surface area contributed by atoms with Gasteiger partial charge in [0.15, 0.2) is 5.78 Å². The average Bonchev–Trinajstić information content (AvgIpc) is 2.43. The van der Waals surface area contributed by atoms with E-state index in [9.17, 15) is 4.79 Å². The van der Waals surface area contributed by atoms with Gasteiger partial charge in [-0.1, -0.05) is 35.4 Å². The summed E-state index contributed by atoms with van der Waals surface area (Å²) in [5, 5.41) is 3.17. The van der Waals surface area contributed by atoms with Crippen LogP contribution in [0.1, 0.15) is 32.6 Å². The van der Waals surface area contributed by atoms with E-state index in [-0.39, 0.29) is 5.78 Å². The fourth-order valence-corrected chi connectivity index (χ4v) is 2.27. The minimum absolute atomic E-state index is 0.0217. The molecule has 0 aliphatic rings. The number of carbonyl (C=O) groups excluding carboxylic acids is 1. The number of ketones is 1. The van der Waals surface area contributed by atoms with Gasteiger partial charge in [0, 0.05) is 23.5 Å². The van der Waals surface area contributed by atoms with Gasteiger partial charge in [-0.2, -0.15) is 0 Å². The van der Waals surface area contributed by atoms with Crippen molar-refractivity contribution < 1.29 is 4.79 Å². The minimum Gasteiger partial charge on any atom is -0.361 e. The lowest BCUT2D eigenvalue weighted by atomic mass is 10.0. The predicted octanol–water partition coefficient (Wildman–Crippen LogP) is 4.73. The van der Waals surface area contributed by atoms with Crippen LogP contribution >= 0.6 is 0 Å². The Hall–Kier alpha value is -2.35. The van der Waals surface area contributed by atoms with E-state index in [4.69, 9.17) is 0 Å². The number of hydrogen-bond donors (Lipinski definition) is 1. The summed E-state index contributed by atoms with van der Waals surface area (Å²) in [5.41, 5.74) is 6.27. The van der Waals surface area contributed by atoms with E-state index in [0.29, 0.717) is 0 Å². The van der Waals surface area contributed by atoms with Crippen LogP contribution in [0, 0.1) is 27.7 Å². The van der Waals surface area contributed by atoms with Gasteiger partial charge in [0.25, 0.3) is 0 Å². The summed E-state index contributed by atoms with van der Waals surface area (Å²) in [4.78, 5) is 12.2. The van der Waals surface area contributed by atoms with Gasteiger partial charge in [-0.3, -0.25) is 4.79 Å². The van der Waals surface area contributed by atoms with Crippen molar-refractivity contribution in [3.05, 3.63) is 76.5 Å². The van der Waals surface area contributed by atoms with E-state index in [2.05, 4.69) is 31.3 Å². The van der Waals surface area contributed by atoms with Crippen molar-refractivity contribution in [2.24, 2.45) is 0 Å². The van der Waals surface area contributed by atoms with Crippen molar-refractivity contribution >= 4 is 11.5 Å². The lowest BCUT2D eigenvalue weighted by Gasteiger charge is -2.06. The van der Waals surface area contributed by atoms with Gasteiger partial charge in [-0.15, -0.1) is 0 Å². The first-order chi connectivity index (χ1) is 9.97. The standard InChI is InChI=1S/C19H21NO/c1-13-6-8-18(16(4)11-13)20-10-9-19(21)17-12-14(2)5-7-15(17)3/h5-12,20H,1-4H3/b10-9+. The quantitative estimate of drug-likeness (QED) is 0.647. The molecule has 1 N–H and O–H groups in total. The first-order valence-electron chi connectivity index (χ1n) is 7.09. The fraction of sp³-hybridized carbons (Fsp3) is 0.211. The highest BCUT2D eigenvalue weighted by Crippen LogP contribution is 2.16. The number of benzene rings is 2. The molecule has 2 aromatic carbocycles. The maximum Gasteiger partial charge on any atom is 0.187 e. The topological polar surface area (TPSA) is 29.1 Å². The third-order valence-electron chi connectivity index (χ3n) is 3.51. The number of rotatable bonds is 4. The van der Waals surface area contributed by atoms with Crippen molar-refractivity contribution in [3.63, 3.8) is 0 Å². The molecule has 2 aromatic rings. The molecule has 108 valence electrons. The molecule has 2 rings (SSSR count). The van der Waals surface area contributed by atoms with Crippen LogP contribution in [0.4, 0.5) is 5.69 Å². The van der Waals surface area contributed by atoms with Gasteiger partial charge in [-0.25, -0.2) is 0 Å². The smallest absolute Gasteiger partial charge is 0.187 e. The van der Waals surface area contributed by atoms with E-state index < -0.39 is 0 Å². The summed E-state index contributed by atoms with van der Waals surface area (Å²) >= 11 is 0. The molecule has 0 aliphatic carbocycles. The van der Waals surface area contributed by atoms with E-state index in [0.717, 1.165) is 22.4 Å². The fourth-order valence-electron chi connectivity index (χ4n) is 2.27. The lowest BCUT2D eigenvalue weighted by Crippen LogP contribution is -2.00. The van der Waals surface area contributed by atoms with Crippen LogP contribution in [0.15, 0.2) is 48.7 Å². The zero-order valence-corrected chi connectivity index (χ0v) is 13.0. The molecule has 0 spiro atoms. The van der Waals surface area contributed by atoms with E-state index in [1.54, 1.807) is 12.3 Å². The normalized spacial score (nSPS) is 10.9. The van der Waals surface area contributed by atoms with Crippen LogP contribution in [0.3, 0.4) is 0 Å². The highest BCUT2D eigenvalue weighted by atomic mass is 16.1. The van der Waals surface area contributed by atoms with Crippen LogP contribution in [0.2, 0.25) is 0 Å². The number of aryl methyl sites for hydroxylation is 4. The number of allylic oxidation sites excluding steroid dienone is 1. The first kappa shape index (κ1) is 15.0. The predicted molar refractivity (Wildman–Crippen MR) is 88.9 cm³/mol. The Labute approximate surface area is 126 Å². The third kappa shape index (κ3) is 3.82. The van der Waals surface area contributed by atoms with E-state index >= 15 is 0 Å². The summed E-state index contributed by atoms with van der Waals surface area (Å²) in [6, 6.07) is 12.1. The zero-order valence-electron chi connectivity index (χ0n) is 13.0. The van der Waals surface area contributed by atoms with Crippen LogP contribution in [0.25, 0.3) is 0 Å². The molecule has 21 heavy (non-hydrogen) atoms. The molecule has 0 aliphatic heterocycles. The highest BCUT2D eigenvalue weighted by molar-refractivity contribution is 6.05. The molecule has 0 saturated carbocycles. The average molecular weight is 279 g/mol. The largest absolute Gasteiger partial charge is 0.361 e. The number of carbonyl (C=O) groups is 1. The van der Waals surface area contributed by atoms with Gasteiger partial charge in [0.1, 0.15) is 0 Å². The van der Waals surface area contributed by atoms with Gasteiger partial charge in [0.05, 0.1) is 0 Å². The van der Waals surface area contributed by atoms with Crippen LogP contribution in [-0.2, 0) is 0 Å². The first-order valence-corrected chi connectivity index (χ1v) is 7.09. The second-order valence-corrected chi connectivity index (χ2v) is 5.48. The Morgan fingerprint density at radius 2 is 1.57 bits per heavy atom. The Morgan fingerprint density at radius 1 is 0.905 bits per heavy atom. The molecule has 0 bridgehead atoms. The molecule has 0 radical (unpaired) electrons. The van der Waals surface area contributed by atoms with Crippen LogP contribution < -0.4 is 5.32 Å². The molecule has 0 fully saturated rings. The summed E-state index contributed by atoms with van der Waals surface area (Å²) in [6.07, 6.45) is 3.29. The lowest BCUT2D eigenvalue weighted by molar-refractivity contribution is 0.104. The van der Waals surface area contributed by atoms with Gasteiger partial charge in [-0.05, 0) is 51.0 Å². The molecule has 0 amide bonds. The molecule has 0 saturated heterocycles. The zero-order chi connectivity index (χ0) is 15.4. The van der Waals surface area contributed by atoms with Crippen LogP contribution in [0.5, 0.6) is 0 Å². The van der Waals surface area contributed by atoms with Crippen molar-refractivity contribution in [1.29, 1.82) is 0 Å². The molecule has 2 heteroatoms. The molecule has 0 aromatic heterocycles. The van der Waals surface area contributed by atoms with Gasteiger partial charge >= 0.3 is 0 Å². The van der Waals surface area contributed by atoms with Crippen molar-refractivity contribution in [1.82, 2.24) is 0 Å². The molecule has 0 unspecified atom stereocenters. The second kappa shape index (κ2) is 6.40. The van der Waals surface area contributed by atoms with E-state index in [1.165, 1.54) is 11.1 Å². The highest BCUT2D eigenvalue weighted by Gasteiger charge is 2.05. The number of anilines is 1. The summed E-state index contributed by atoms with van der Waals surface area (Å²) < 4.78 is 0. The number of hydrogen-bond acceptors (Lipinski definition) is 2. The SMILES string of the molecule is Cc1ccc(N/C=C/C(=O)c2cc(C)ccc2C)c(C)c1. The molecule has 2 nitrogen and oxygen atoms in total. The summed E-state index contributed by atoms with van der Waals surface area (Å²) in [7, 11) is 0. The van der Waals surface area contributed by atoms with Crippen molar-refractivity contribution in [2.75, 3.05) is 5.32 Å². The molecular weight excluding hydrogens is 258 g/mol. The Balaban J connectivity index is 2.10. The summed E-state index contributed by atoms with van der Waals surface area (Å²) in [6.45, 7) is 8.07. The summed E-state index contributed by atoms with van der Waals surface area (Å²) in [5.74, 6) is 0.0217. The Kier molecular flexibility index (Phi) is 4.59. The maximum atomic E-state index is 12.2. The molecular formula is C19H21NO. The van der Waals surface area contributed by atoms with Crippen molar-refractivity contribution in [2.45, 2.75) is 27.7 Å². The second-order valence-electron chi connectivity index (χ2n) is 5.48. The van der Waals surface area contributed by atoms with Gasteiger partial charge in [0.2, 0.25) is 0 Å². The molecule has 0 atom stereocenters. The Bertz CT molecular complexity index is 699. The van der Waals surface area contributed by atoms with Crippen molar-refractivity contribution in [3.8, 4) is 0 Å². The Morgan fingerprint density at radius 3 is 2.29 bits per heavy atom. The van der Waals surface area contributed by atoms with Crippen LogP contribution in [-0.4, -0.2) is 5.78 Å². The maximum absolute atomic E-state index is 12.2. The number of nitrogens with one attached hydrogen (secondary N) is 1. The monoisotopic (exact) mass is 279 g/mol. The molecule has 0 heterocycles. The van der Waals surface area contributed by atoms with E-state index in [1.807, 2.05) is 38.1 Å². The minimum atomic E-state index is 0.0217. The van der Waals surface area contributed by atoms with Gasteiger partial charge < -0.3 is 5.32 Å². The third-order valence-corrected chi connectivity index (χ3v) is 3.51.